The van der Waals surface area contributed by atoms with Gasteiger partial charge in [-0.3, -0.25) is 10.1 Å². The van der Waals surface area contributed by atoms with Crippen molar-refractivity contribution in [3.63, 3.8) is 0 Å². The number of aliphatic hydroxyl groups excluding tert-OH is 1. The summed E-state index contributed by atoms with van der Waals surface area (Å²) in [5.41, 5.74) is -0.232. The third-order valence-electron chi connectivity index (χ3n) is 3.10. The quantitative estimate of drug-likeness (QED) is 0.490. The van der Waals surface area contributed by atoms with E-state index in [0.29, 0.717) is 5.69 Å². The first-order valence-corrected chi connectivity index (χ1v) is 6.45. The number of nitro benzene ring substituents is 1. The Labute approximate surface area is 123 Å². The fourth-order valence-corrected chi connectivity index (χ4v) is 1.60. The highest BCUT2D eigenvalue weighted by atomic mass is 16.6. The van der Waals surface area contributed by atoms with E-state index in [-0.39, 0.29) is 23.2 Å². The Balaban J connectivity index is 2.96. The third kappa shape index (κ3) is 4.42. The zero-order chi connectivity index (χ0) is 16.2. The Bertz CT molecular complexity index is 537. The molecule has 1 unspecified atom stereocenters. The summed E-state index contributed by atoms with van der Waals surface area (Å²) in [6.07, 6.45) is -0.603. The van der Waals surface area contributed by atoms with Crippen LogP contribution >= 0.6 is 0 Å². The van der Waals surface area contributed by atoms with E-state index in [2.05, 4.69) is 10.1 Å². The molecule has 116 valence electrons. The summed E-state index contributed by atoms with van der Waals surface area (Å²) >= 11 is 0. The Morgan fingerprint density at radius 2 is 2.10 bits per heavy atom. The molecule has 0 aliphatic carbocycles. The zero-order valence-electron chi connectivity index (χ0n) is 12.5. The average molecular weight is 296 g/mol. The minimum atomic E-state index is -0.776. The van der Waals surface area contributed by atoms with Gasteiger partial charge in [-0.2, -0.15) is 0 Å². The first-order chi connectivity index (χ1) is 9.66. The van der Waals surface area contributed by atoms with Gasteiger partial charge in [-0.25, -0.2) is 4.79 Å². The third-order valence-corrected chi connectivity index (χ3v) is 3.10. The number of nitro groups is 1. The van der Waals surface area contributed by atoms with Crippen LogP contribution in [0.4, 0.5) is 11.4 Å². The Kier molecular flexibility index (Phi) is 5.26. The maximum absolute atomic E-state index is 11.6. The molecule has 0 saturated heterocycles. The van der Waals surface area contributed by atoms with E-state index in [4.69, 9.17) is 0 Å². The minimum Gasteiger partial charge on any atom is -0.465 e. The molecule has 1 aromatic carbocycles. The van der Waals surface area contributed by atoms with Gasteiger partial charge in [-0.1, -0.05) is 20.8 Å². The fraction of sp³-hybridized carbons (Fsp3) is 0.500. The highest BCUT2D eigenvalue weighted by molar-refractivity contribution is 5.95. The Morgan fingerprint density at radius 3 is 2.57 bits per heavy atom. The van der Waals surface area contributed by atoms with Crippen LogP contribution in [0.25, 0.3) is 0 Å². The summed E-state index contributed by atoms with van der Waals surface area (Å²) in [5.74, 6) is -0.776. The van der Waals surface area contributed by atoms with Crippen LogP contribution in [0.2, 0.25) is 0 Å². The van der Waals surface area contributed by atoms with E-state index >= 15 is 0 Å². The molecule has 1 atom stereocenters. The van der Waals surface area contributed by atoms with Crippen molar-refractivity contribution in [2.45, 2.75) is 26.9 Å². The van der Waals surface area contributed by atoms with Gasteiger partial charge in [0.25, 0.3) is 5.69 Å². The number of nitrogens with zero attached hydrogens (tertiary/aromatic N) is 1. The van der Waals surface area contributed by atoms with Crippen LogP contribution < -0.4 is 5.32 Å². The molecule has 0 aromatic heterocycles. The van der Waals surface area contributed by atoms with Gasteiger partial charge in [0, 0.05) is 18.3 Å². The standard InChI is InChI=1S/C14H20N2O5/c1-14(2,3)12(17)8-15-9-5-6-11(16(19)20)10(7-9)13(18)21-4/h5-7,12,15,17H,8H2,1-4H3. The number of nitrogens with one attached hydrogen (secondary N) is 1. The molecule has 0 fully saturated rings. The molecular weight excluding hydrogens is 276 g/mol. The second-order valence-corrected chi connectivity index (χ2v) is 5.74. The van der Waals surface area contributed by atoms with Crippen LogP contribution in [0.1, 0.15) is 31.1 Å². The van der Waals surface area contributed by atoms with Gasteiger partial charge in [0.2, 0.25) is 0 Å². The summed E-state index contributed by atoms with van der Waals surface area (Å²) < 4.78 is 4.54. The molecule has 1 rings (SSSR count). The molecular formula is C14H20N2O5. The highest BCUT2D eigenvalue weighted by Gasteiger charge is 2.23. The predicted octanol–water partition coefficient (Wildman–Crippen LogP) is 2.20. The second kappa shape index (κ2) is 6.53. The normalized spacial score (nSPS) is 12.6. The largest absolute Gasteiger partial charge is 0.465 e. The maximum Gasteiger partial charge on any atom is 0.344 e. The molecule has 0 aliphatic rings. The van der Waals surface area contributed by atoms with Crippen molar-refractivity contribution in [2.24, 2.45) is 5.41 Å². The fourth-order valence-electron chi connectivity index (χ4n) is 1.60. The highest BCUT2D eigenvalue weighted by Crippen LogP contribution is 2.24. The molecule has 0 saturated carbocycles. The van der Waals surface area contributed by atoms with Crippen LogP contribution in [0, 0.1) is 15.5 Å². The molecule has 0 amide bonds. The van der Waals surface area contributed by atoms with Gasteiger partial charge in [0.05, 0.1) is 18.1 Å². The van der Waals surface area contributed by atoms with Crippen LogP contribution in [0.5, 0.6) is 0 Å². The molecule has 2 N–H and O–H groups in total. The molecule has 0 heterocycles. The number of carbonyl (C=O) groups excluding carboxylic acids is 1. The average Bonchev–Trinajstić information content (AvgIpc) is 2.42. The van der Waals surface area contributed by atoms with Gasteiger partial charge in [0.15, 0.2) is 0 Å². The molecule has 0 spiro atoms. The number of anilines is 1. The Hall–Kier alpha value is -2.15. The number of hydrogen-bond donors (Lipinski definition) is 2. The first kappa shape index (κ1) is 16.9. The molecule has 0 radical (unpaired) electrons. The smallest absolute Gasteiger partial charge is 0.344 e. The van der Waals surface area contributed by atoms with Gasteiger partial charge in [0.1, 0.15) is 5.56 Å². The number of benzene rings is 1. The predicted molar refractivity (Wildman–Crippen MR) is 78.4 cm³/mol. The SMILES string of the molecule is COC(=O)c1cc(NCC(O)C(C)(C)C)ccc1[N+](=O)[O-]. The van der Waals surface area contributed by atoms with E-state index in [0.717, 1.165) is 7.11 Å². The lowest BCUT2D eigenvalue weighted by Gasteiger charge is -2.26. The maximum atomic E-state index is 11.6. The van der Waals surface area contributed by atoms with E-state index in [1.165, 1.54) is 18.2 Å². The number of methoxy groups -OCH3 is 1. The van der Waals surface area contributed by atoms with Crippen LogP contribution in [0.15, 0.2) is 18.2 Å². The van der Waals surface area contributed by atoms with Gasteiger partial charge < -0.3 is 15.2 Å². The van der Waals surface area contributed by atoms with Crippen molar-refractivity contribution >= 4 is 17.3 Å². The minimum absolute atomic E-state index is 0.127. The molecule has 0 bridgehead atoms. The molecule has 7 nitrogen and oxygen atoms in total. The van der Waals surface area contributed by atoms with Crippen molar-refractivity contribution in [3.8, 4) is 0 Å². The van der Waals surface area contributed by atoms with E-state index < -0.39 is 17.0 Å². The van der Waals surface area contributed by atoms with E-state index in [1.54, 1.807) is 0 Å². The topological polar surface area (TPSA) is 102 Å². The van der Waals surface area contributed by atoms with Crippen molar-refractivity contribution in [2.75, 3.05) is 19.0 Å². The summed E-state index contributed by atoms with van der Waals surface area (Å²) in [6, 6.07) is 4.07. The van der Waals surface area contributed by atoms with Crippen molar-refractivity contribution < 1.29 is 19.6 Å². The second-order valence-electron chi connectivity index (χ2n) is 5.74. The lowest BCUT2D eigenvalue weighted by Crippen LogP contribution is -2.32. The van der Waals surface area contributed by atoms with Crippen LogP contribution in [-0.4, -0.2) is 35.8 Å². The van der Waals surface area contributed by atoms with Gasteiger partial charge in [-0.05, 0) is 17.5 Å². The first-order valence-electron chi connectivity index (χ1n) is 6.45. The van der Waals surface area contributed by atoms with Crippen LogP contribution in [0.3, 0.4) is 0 Å². The van der Waals surface area contributed by atoms with Gasteiger partial charge in [-0.15, -0.1) is 0 Å². The number of aliphatic hydroxyl groups is 1. The molecule has 1 aromatic rings. The molecule has 0 aliphatic heterocycles. The van der Waals surface area contributed by atoms with E-state index in [9.17, 15) is 20.0 Å². The summed E-state index contributed by atoms with van der Waals surface area (Å²) in [5, 5.41) is 23.8. The number of hydrogen-bond acceptors (Lipinski definition) is 6. The monoisotopic (exact) mass is 296 g/mol. The lowest BCUT2D eigenvalue weighted by molar-refractivity contribution is -0.385. The van der Waals surface area contributed by atoms with Gasteiger partial charge >= 0.3 is 5.97 Å². The summed E-state index contributed by atoms with van der Waals surface area (Å²) in [4.78, 5) is 21.8. The van der Waals surface area contributed by atoms with Crippen LogP contribution in [-0.2, 0) is 4.74 Å². The molecule has 7 heteroatoms. The zero-order valence-corrected chi connectivity index (χ0v) is 12.5. The van der Waals surface area contributed by atoms with Crippen molar-refractivity contribution in [3.05, 3.63) is 33.9 Å². The van der Waals surface area contributed by atoms with Crippen molar-refractivity contribution in [1.82, 2.24) is 0 Å². The summed E-state index contributed by atoms with van der Waals surface area (Å²) in [7, 11) is 1.16. The number of carbonyl (C=O) groups is 1. The summed E-state index contributed by atoms with van der Waals surface area (Å²) in [6.45, 7) is 5.96. The van der Waals surface area contributed by atoms with Crippen molar-refractivity contribution in [1.29, 1.82) is 0 Å². The molecule has 21 heavy (non-hydrogen) atoms. The number of esters is 1. The lowest BCUT2D eigenvalue weighted by atomic mass is 9.89. The number of rotatable bonds is 5. The number of ether oxygens (including phenoxy) is 1. The van der Waals surface area contributed by atoms with E-state index in [1.807, 2.05) is 20.8 Å². The Morgan fingerprint density at radius 1 is 1.48 bits per heavy atom.